The normalized spacial score (nSPS) is 10.6. The van der Waals surface area contributed by atoms with Gasteiger partial charge in [-0.05, 0) is 48.2 Å². The fourth-order valence-electron chi connectivity index (χ4n) is 2.39. The molecule has 1 heterocycles. The fraction of sp³-hybridized carbons (Fsp3) is 0.111. The van der Waals surface area contributed by atoms with Crippen molar-refractivity contribution in [3.05, 3.63) is 69.6 Å². The molecule has 0 spiro atoms. The molecule has 122 valence electrons. The van der Waals surface area contributed by atoms with Crippen LogP contribution < -0.4 is 10.9 Å². The number of halogens is 1. The molecule has 1 aromatic heterocycles. The molecule has 0 radical (unpaired) electrons. The molecule has 3 rings (SSSR count). The third-order valence-corrected chi connectivity index (χ3v) is 5.18. The third kappa shape index (κ3) is 3.58. The van der Waals surface area contributed by atoms with E-state index >= 15 is 0 Å². The molecule has 0 aliphatic rings. The van der Waals surface area contributed by atoms with Gasteiger partial charge in [-0.15, -0.1) is 11.3 Å². The SMILES string of the molecule is Cc1c(CC(=O)NNC(=O)c2ccccc2)sc2ccc(Cl)cc12. The van der Waals surface area contributed by atoms with Gasteiger partial charge in [-0.3, -0.25) is 20.4 Å². The minimum Gasteiger partial charge on any atom is -0.273 e. The van der Waals surface area contributed by atoms with Crippen LogP contribution in [0.1, 0.15) is 20.8 Å². The smallest absolute Gasteiger partial charge is 0.269 e. The summed E-state index contributed by atoms with van der Waals surface area (Å²) >= 11 is 7.59. The van der Waals surface area contributed by atoms with Gasteiger partial charge in [0, 0.05) is 20.2 Å². The maximum Gasteiger partial charge on any atom is 0.269 e. The van der Waals surface area contributed by atoms with Gasteiger partial charge in [0.15, 0.2) is 0 Å². The van der Waals surface area contributed by atoms with Crippen molar-refractivity contribution < 1.29 is 9.59 Å². The molecule has 0 bridgehead atoms. The summed E-state index contributed by atoms with van der Waals surface area (Å²) < 4.78 is 1.09. The Bertz CT molecular complexity index is 906. The third-order valence-electron chi connectivity index (χ3n) is 3.67. The number of amides is 2. The Kier molecular flexibility index (Phi) is 4.83. The van der Waals surface area contributed by atoms with Gasteiger partial charge in [0.2, 0.25) is 5.91 Å². The van der Waals surface area contributed by atoms with Gasteiger partial charge in [0.25, 0.3) is 5.91 Å². The summed E-state index contributed by atoms with van der Waals surface area (Å²) in [6.45, 7) is 1.97. The summed E-state index contributed by atoms with van der Waals surface area (Å²) in [5.41, 5.74) is 6.42. The number of benzene rings is 2. The van der Waals surface area contributed by atoms with Crippen LogP contribution in [-0.4, -0.2) is 11.8 Å². The van der Waals surface area contributed by atoms with Crippen LogP contribution in [0.25, 0.3) is 10.1 Å². The van der Waals surface area contributed by atoms with Gasteiger partial charge in [0.1, 0.15) is 0 Å². The molecule has 3 aromatic rings. The van der Waals surface area contributed by atoms with Crippen LogP contribution >= 0.6 is 22.9 Å². The molecule has 0 saturated heterocycles. The molecular formula is C18H15ClN2O2S. The lowest BCUT2D eigenvalue weighted by Crippen LogP contribution is -2.42. The molecule has 6 heteroatoms. The molecule has 0 atom stereocenters. The lowest BCUT2D eigenvalue weighted by Gasteiger charge is -2.07. The van der Waals surface area contributed by atoms with E-state index in [0.717, 1.165) is 20.5 Å². The second kappa shape index (κ2) is 7.03. The van der Waals surface area contributed by atoms with Crippen molar-refractivity contribution in [3.63, 3.8) is 0 Å². The summed E-state index contributed by atoms with van der Waals surface area (Å²) in [5, 5.41) is 1.73. The zero-order chi connectivity index (χ0) is 17.1. The minimum atomic E-state index is -0.344. The highest BCUT2D eigenvalue weighted by Gasteiger charge is 2.13. The first kappa shape index (κ1) is 16.5. The Balaban J connectivity index is 1.65. The average Bonchev–Trinajstić information content (AvgIpc) is 2.89. The molecule has 2 amide bonds. The van der Waals surface area contributed by atoms with Crippen LogP contribution in [-0.2, 0) is 11.2 Å². The van der Waals surface area contributed by atoms with Crippen LogP contribution in [0, 0.1) is 6.92 Å². The van der Waals surface area contributed by atoms with Crippen LogP contribution in [0.3, 0.4) is 0 Å². The highest BCUT2D eigenvalue weighted by atomic mass is 35.5. The quantitative estimate of drug-likeness (QED) is 0.698. The van der Waals surface area contributed by atoms with Gasteiger partial charge in [-0.25, -0.2) is 0 Å². The van der Waals surface area contributed by atoms with Crippen LogP contribution in [0.4, 0.5) is 0 Å². The number of aryl methyl sites for hydroxylation is 1. The Morgan fingerprint density at radius 3 is 2.58 bits per heavy atom. The van der Waals surface area contributed by atoms with E-state index in [1.165, 1.54) is 0 Å². The standard InChI is InChI=1S/C18H15ClN2O2S/c1-11-14-9-13(19)7-8-15(14)24-16(11)10-17(22)20-21-18(23)12-5-3-2-4-6-12/h2-9H,10H2,1H3,(H,20,22)(H,21,23). The van der Waals surface area contributed by atoms with Crippen molar-refractivity contribution in [3.8, 4) is 0 Å². The van der Waals surface area contributed by atoms with E-state index < -0.39 is 0 Å². The van der Waals surface area contributed by atoms with Crippen LogP contribution in [0.15, 0.2) is 48.5 Å². The lowest BCUT2D eigenvalue weighted by atomic mass is 10.1. The Morgan fingerprint density at radius 2 is 1.83 bits per heavy atom. The van der Waals surface area contributed by atoms with Crippen molar-refractivity contribution in [2.24, 2.45) is 0 Å². The van der Waals surface area contributed by atoms with E-state index in [2.05, 4.69) is 10.9 Å². The highest BCUT2D eigenvalue weighted by molar-refractivity contribution is 7.19. The predicted octanol–water partition coefficient (Wildman–Crippen LogP) is 3.87. The van der Waals surface area contributed by atoms with E-state index in [0.29, 0.717) is 10.6 Å². The molecule has 0 saturated carbocycles. The number of hydrogen-bond donors (Lipinski definition) is 2. The number of fused-ring (bicyclic) bond motifs is 1. The number of carbonyl (C=O) groups excluding carboxylic acids is 2. The zero-order valence-electron chi connectivity index (χ0n) is 12.9. The molecular weight excluding hydrogens is 344 g/mol. The van der Waals surface area contributed by atoms with Gasteiger partial charge in [-0.2, -0.15) is 0 Å². The second-order valence-electron chi connectivity index (χ2n) is 5.34. The lowest BCUT2D eigenvalue weighted by molar-refractivity contribution is -0.121. The highest BCUT2D eigenvalue weighted by Crippen LogP contribution is 2.32. The largest absolute Gasteiger partial charge is 0.273 e. The summed E-state index contributed by atoms with van der Waals surface area (Å²) in [5.74, 6) is -0.608. The summed E-state index contributed by atoms with van der Waals surface area (Å²) in [7, 11) is 0. The molecule has 0 aliphatic heterocycles. The molecule has 4 nitrogen and oxygen atoms in total. The summed E-state index contributed by atoms with van der Waals surface area (Å²) in [6.07, 6.45) is 0.206. The Hall–Kier alpha value is -2.37. The number of thiophene rings is 1. The van der Waals surface area contributed by atoms with Crippen LogP contribution in [0.5, 0.6) is 0 Å². The Morgan fingerprint density at radius 1 is 1.08 bits per heavy atom. The molecule has 2 aromatic carbocycles. The number of carbonyl (C=O) groups is 2. The van der Waals surface area contributed by atoms with Crippen LogP contribution in [0.2, 0.25) is 5.02 Å². The van der Waals surface area contributed by atoms with Gasteiger partial charge < -0.3 is 0 Å². The van der Waals surface area contributed by atoms with E-state index in [9.17, 15) is 9.59 Å². The van der Waals surface area contributed by atoms with Gasteiger partial charge >= 0.3 is 0 Å². The fourth-order valence-corrected chi connectivity index (χ4v) is 3.75. The first-order valence-corrected chi connectivity index (χ1v) is 8.56. The molecule has 24 heavy (non-hydrogen) atoms. The zero-order valence-corrected chi connectivity index (χ0v) is 14.5. The molecule has 0 unspecified atom stereocenters. The average molecular weight is 359 g/mol. The van der Waals surface area contributed by atoms with E-state index in [4.69, 9.17) is 11.6 Å². The number of rotatable bonds is 3. The van der Waals surface area contributed by atoms with Gasteiger partial charge in [-0.1, -0.05) is 29.8 Å². The van der Waals surface area contributed by atoms with Crippen molar-refractivity contribution in [2.45, 2.75) is 13.3 Å². The van der Waals surface area contributed by atoms with Gasteiger partial charge in [0.05, 0.1) is 6.42 Å². The van der Waals surface area contributed by atoms with E-state index in [1.807, 2.05) is 31.2 Å². The number of hydrogen-bond acceptors (Lipinski definition) is 3. The topological polar surface area (TPSA) is 58.2 Å². The van der Waals surface area contributed by atoms with Crippen molar-refractivity contribution in [1.29, 1.82) is 0 Å². The van der Waals surface area contributed by atoms with Crippen molar-refractivity contribution in [2.75, 3.05) is 0 Å². The Labute approximate surface area is 148 Å². The van der Waals surface area contributed by atoms with Crippen molar-refractivity contribution in [1.82, 2.24) is 10.9 Å². The second-order valence-corrected chi connectivity index (χ2v) is 6.91. The monoisotopic (exact) mass is 358 g/mol. The first-order chi connectivity index (χ1) is 11.5. The maximum absolute atomic E-state index is 12.1. The first-order valence-electron chi connectivity index (χ1n) is 7.36. The summed E-state index contributed by atoms with van der Waals surface area (Å²) in [4.78, 5) is 25.0. The van der Waals surface area contributed by atoms with Crippen molar-refractivity contribution >= 4 is 44.8 Å². The van der Waals surface area contributed by atoms with E-state index in [1.54, 1.807) is 35.6 Å². The summed E-state index contributed by atoms with van der Waals surface area (Å²) in [6, 6.07) is 14.4. The number of nitrogens with one attached hydrogen (secondary N) is 2. The molecule has 0 fully saturated rings. The maximum atomic E-state index is 12.1. The molecule has 0 aliphatic carbocycles. The molecule has 2 N–H and O–H groups in total. The minimum absolute atomic E-state index is 0.206. The van der Waals surface area contributed by atoms with E-state index in [-0.39, 0.29) is 18.2 Å². The number of hydrazine groups is 1. The predicted molar refractivity (Wildman–Crippen MR) is 97.3 cm³/mol.